The van der Waals surface area contributed by atoms with Crippen LogP contribution in [0.4, 0.5) is 0 Å². The molecule has 4 nitrogen and oxygen atoms in total. The smallest absolute Gasteiger partial charge is 0.103 e. The summed E-state index contributed by atoms with van der Waals surface area (Å²) in [4.78, 5) is 11.8. The lowest BCUT2D eigenvalue weighted by atomic mass is 9.90. The third-order valence-electron chi connectivity index (χ3n) is 4.96. The molecule has 0 bridgehead atoms. The molecule has 0 saturated carbocycles. The van der Waals surface area contributed by atoms with Gasteiger partial charge in [-0.15, -0.1) is 0 Å². The first-order valence-corrected chi connectivity index (χ1v) is 8.35. The van der Waals surface area contributed by atoms with Gasteiger partial charge in [-0.05, 0) is 53.0 Å². The van der Waals surface area contributed by atoms with Crippen LogP contribution >= 0.6 is 15.9 Å². The van der Waals surface area contributed by atoms with Gasteiger partial charge in [0.1, 0.15) is 5.54 Å². The van der Waals surface area contributed by atoms with Crippen LogP contribution in [0.3, 0.4) is 0 Å². The summed E-state index contributed by atoms with van der Waals surface area (Å²) in [5, 5.41) is 3.63. The minimum atomic E-state index is -0.207. The molecule has 3 atom stereocenters. The van der Waals surface area contributed by atoms with E-state index >= 15 is 0 Å². The molecule has 0 aromatic carbocycles. The fourth-order valence-electron chi connectivity index (χ4n) is 3.89. The number of pyridine rings is 1. The van der Waals surface area contributed by atoms with Crippen LogP contribution in [0.2, 0.25) is 0 Å². The fourth-order valence-corrected chi connectivity index (χ4v) is 4.41. The van der Waals surface area contributed by atoms with E-state index in [0.29, 0.717) is 6.04 Å². The monoisotopic (exact) mass is 346 g/mol. The molecule has 2 saturated heterocycles. The van der Waals surface area contributed by atoms with E-state index in [2.05, 4.69) is 54.3 Å². The topological polar surface area (TPSA) is 40.5 Å². The lowest BCUT2D eigenvalue weighted by molar-refractivity contribution is 0.156. The first kappa shape index (κ1) is 13.6. The SMILES string of the molecule is BrC1=CC(c2ccccn2)(N2C[C@H]3CCN[C@H]3C2)CN=C1. The summed E-state index contributed by atoms with van der Waals surface area (Å²) in [5.74, 6) is 0.767. The number of aromatic nitrogens is 1. The Kier molecular flexibility index (Phi) is 3.44. The van der Waals surface area contributed by atoms with Gasteiger partial charge >= 0.3 is 0 Å². The maximum Gasteiger partial charge on any atom is 0.103 e. The van der Waals surface area contributed by atoms with Crippen molar-refractivity contribution in [2.75, 3.05) is 26.2 Å². The number of likely N-dealkylation sites (tertiary alicyclic amines) is 1. The second kappa shape index (κ2) is 5.30. The quantitative estimate of drug-likeness (QED) is 0.889. The minimum absolute atomic E-state index is 0.207. The van der Waals surface area contributed by atoms with E-state index in [9.17, 15) is 0 Å². The van der Waals surface area contributed by atoms with Crippen molar-refractivity contribution in [3.8, 4) is 0 Å². The van der Waals surface area contributed by atoms with Crippen molar-refractivity contribution in [1.82, 2.24) is 15.2 Å². The normalized spacial score (nSPS) is 35.8. The highest BCUT2D eigenvalue weighted by atomic mass is 79.9. The van der Waals surface area contributed by atoms with Gasteiger partial charge in [0.25, 0.3) is 0 Å². The molecular formula is C16H19BrN4. The fraction of sp³-hybridized carbons (Fsp3) is 0.500. The average molecular weight is 347 g/mol. The number of hydrogen-bond donors (Lipinski definition) is 1. The number of aliphatic imine (C=N–C) groups is 1. The zero-order valence-electron chi connectivity index (χ0n) is 11.9. The Morgan fingerprint density at radius 1 is 1.33 bits per heavy atom. The second-order valence-electron chi connectivity index (χ2n) is 6.15. The molecule has 2 fully saturated rings. The molecule has 4 rings (SSSR count). The first-order valence-electron chi connectivity index (χ1n) is 7.56. The molecule has 1 aromatic rings. The number of halogens is 1. The minimum Gasteiger partial charge on any atom is -0.312 e. The van der Waals surface area contributed by atoms with Gasteiger partial charge in [0.05, 0.1) is 12.2 Å². The number of rotatable bonds is 2. The molecule has 4 heterocycles. The van der Waals surface area contributed by atoms with Crippen LogP contribution in [0.5, 0.6) is 0 Å². The first-order chi connectivity index (χ1) is 10.3. The number of fused-ring (bicyclic) bond motifs is 1. The summed E-state index contributed by atoms with van der Waals surface area (Å²) in [5.41, 5.74) is 0.889. The van der Waals surface area contributed by atoms with Gasteiger partial charge in [0, 0.05) is 36.0 Å². The van der Waals surface area contributed by atoms with E-state index < -0.39 is 0 Å². The molecule has 0 amide bonds. The van der Waals surface area contributed by atoms with E-state index in [1.807, 2.05) is 18.5 Å². The van der Waals surface area contributed by atoms with Crippen molar-refractivity contribution in [1.29, 1.82) is 0 Å². The molecule has 1 N–H and O–H groups in total. The maximum atomic E-state index is 4.65. The summed E-state index contributed by atoms with van der Waals surface area (Å²) in [7, 11) is 0. The lowest BCUT2D eigenvalue weighted by Crippen LogP contribution is -2.49. The Morgan fingerprint density at radius 3 is 3.05 bits per heavy atom. The van der Waals surface area contributed by atoms with Gasteiger partial charge in [0.2, 0.25) is 0 Å². The van der Waals surface area contributed by atoms with Crippen molar-refractivity contribution >= 4 is 22.1 Å². The number of dihydropyridines is 1. The predicted octanol–water partition coefficient (Wildman–Crippen LogP) is 1.93. The molecule has 0 spiro atoms. The molecule has 21 heavy (non-hydrogen) atoms. The molecule has 1 unspecified atom stereocenters. The predicted molar refractivity (Wildman–Crippen MR) is 87.8 cm³/mol. The lowest BCUT2D eigenvalue weighted by Gasteiger charge is -2.40. The zero-order valence-corrected chi connectivity index (χ0v) is 13.5. The van der Waals surface area contributed by atoms with Gasteiger partial charge < -0.3 is 5.32 Å². The molecule has 0 radical (unpaired) electrons. The molecule has 3 aliphatic rings. The molecule has 110 valence electrons. The zero-order chi connectivity index (χ0) is 14.3. The van der Waals surface area contributed by atoms with Gasteiger partial charge in [-0.25, -0.2) is 0 Å². The van der Waals surface area contributed by atoms with Crippen molar-refractivity contribution in [2.45, 2.75) is 18.0 Å². The molecule has 3 aliphatic heterocycles. The van der Waals surface area contributed by atoms with E-state index in [1.165, 1.54) is 6.42 Å². The number of allylic oxidation sites excluding steroid dienone is 1. The van der Waals surface area contributed by atoms with Crippen molar-refractivity contribution < 1.29 is 0 Å². The molecule has 5 heteroatoms. The Hall–Kier alpha value is -1.04. The summed E-state index contributed by atoms with van der Waals surface area (Å²) >= 11 is 3.61. The highest BCUT2D eigenvalue weighted by molar-refractivity contribution is 9.12. The van der Waals surface area contributed by atoms with Crippen LogP contribution in [0.1, 0.15) is 12.1 Å². The van der Waals surface area contributed by atoms with E-state index in [0.717, 1.165) is 42.3 Å². The molecule has 1 aromatic heterocycles. The summed E-state index contributed by atoms with van der Waals surface area (Å²) in [6.07, 6.45) is 7.35. The highest BCUT2D eigenvalue weighted by Crippen LogP contribution is 2.39. The summed E-state index contributed by atoms with van der Waals surface area (Å²) in [6, 6.07) is 6.80. The highest BCUT2D eigenvalue weighted by Gasteiger charge is 2.47. The summed E-state index contributed by atoms with van der Waals surface area (Å²) < 4.78 is 1.05. The molecule has 0 aliphatic carbocycles. The van der Waals surface area contributed by atoms with Crippen LogP contribution in [0, 0.1) is 5.92 Å². The van der Waals surface area contributed by atoms with Crippen molar-refractivity contribution in [2.24, 2.45) is 10.9 Å². The summed E-state index contributed by atoms with van der Waals surface area (Å²) in [6.45, 7) is 4.12. The second-order valence-corrected chi connectivity index (χ2v) is 7.07. The van der Waals surface area contributed by atoms with Gasteiger partial charge in [0.15, 0.2) is 0 Å². The van der Waals surface area contributed by atoms with Crippen LogP contribution in [-0.2, 0) is 5.54 Å². The van der Waals surface area contributed by atoms with Crippen molar-refractivity contribution in [3.05, 3.63) is 40.6 Å². The van der Waals surface area contributed by atoms with E-state index in [-0.39, 0.29) is 5.54 Å². The Bertz CT molecular complexity index is 573. The maximum absolute atomic E-state index is 4.65. The standard InChI is InChI=1S/C16H19BrN4/c17-13-7-16(11-18-8-13,15-3-1-2-5-20-15)21-9-12-4-6-19-14(12)10-21/h1-3,5,7-8,12,14,19H,4,6,9-11H2/t12-,14+,16?/m1/s1. The Balaban J connectivity index is 1.73. The van der Waals surface area contributed by atoms with Gasteiger partial charge in [-0.1, -0.05) is 6.07 Å². The van der Waals surface area contributed by atoms with Crippen LogP contribution < -0.4 is 5.32 Å². The van der Waals surface area contributed by atoms with Gasteiger partial charge in [-0.3, -0.25) is 14.9 Å². The van der Waals surface area contributed by atoms with E-state index in [4.69, 9.17) is 0 Å². The number of nitrogens with zero attached hydrogens (tertiary/aromatic N) is 3. The Labute approximate surface area is 133 Å². The third kappa shape index (κ3) is 2.28. The average Bonchev–Trinajstić information content (AvgIpc) is 3.09. The molecular weight excluding hydrogens is 328 g/mol. The van der Waals surface area contributed by atoms with Gasteiger partial charge in [-0.2, -0.15) is 0 Å². The Morgan fingerprint density at radius 2 is 2.29 bits per heavy atom. The number of hydrogen-bond acceptors (Lipinski definition) is 4. The van der Waals surface area contributed by atoms with Crippen LogP contribution in [-0.4, -0.2) is 48.3 Å². The number of nitrogens with one attached hydrogen (secondary N) is 1. The largest absolute Gasteiger partial charge is 0.312 e. The van der Waals surface area contributed by atoms with Crippen LogP contribution in [0.15, 0.2) is 39.9 Å². The third-order valence-corrected chi connectivity index (χ3v) is 5.39. The van der Waals surface area contributed by atoms with Crippen molar-refractivity contribution in [3.63, 3.8) is 0 Å². The van der Waals surface area contributed by atoms with E-state index in [1.54, 1.807) is 0 Å². The van der Waals surface area contributed by atoms with Crippen LogP contribution in [0.25, 0.3) is 0 Å².